The summed E-state index contributed by atoms with van der Waals surface area (Å²) in [5, 5.41) is 14.8. The molecule has 0 aliphatic carbocycles. The van der Waals surface area contributed by atoms with Gasteiger partial charge < -0.3 is 10.1 Å². The van der Waals surface area contributed by atoms with Gasteiger partial charge >= 0.3 is 5.97 Å². The monoisotopic (exact) mass is 393 g/mol. The molecule has 29 heavy (non-hydrogen) atoms. The Morgan fingerprint density at radius 1 is 1.07 bits per heavy atom. The van der Waals surface area contributed by atoms with Crippen LogP contribution in [0.4, 0.5) is 5.69 Å². The zero-order valence-corrected chi connectivity index (χ0v) is 16.8. The minimum Gasteiger partial charge on any atom is -0.451 e. The Morgan fingerprint density at radius 2 is 1.76 bits per heavy atom. The van der Waals surface area contributed by atoms with Crippen molar-refractivity contribution in [3.8, 4) is 11.4 Å². The van der Waals surface area contributed by atoms with Crippen molar-refractivity contribution in [3.63, 3.8) is 0 Å². The Kier molecular flexibility index (Phi) is 6.01. The van der Waals surface area contributed by atoms with E-state index in [-0.39, 0.29) is 6.54 Å². The third kappa shape index (κ3) is 5.25. The van der Waals surface area contributed by atoms with Gasteiger partial charge in [0.15, 0.2) is 12.6 Å². The van der Waals surface area contributed by atoms with E-state index in [0.717, 1.165) is 27.1 Å². The lowest BCUT2D eigenvalue weighted by Crippen LogP contribution is -2.31. The molecule has 1 N–H and O–H groups in total. The molecule has 1 heterocycles. The van der Waals surface area contributed by atoms with Crippen molar-refractivity contribution in [2.45, 2.75) is 40.3 Å². The van der Waals surface area contributed by atoms with E-state index >= 15 is 0 Å². The van der Waals surface area contributed by atoms with Crippen LogP contribution in [-0.2, 0) is 20.9 Å². The number of nitrogens with one attached hydrogen (secondary N) is 1. The standard InChI is InChI=1S/C21H23N5O3/c1-13-6-9-17(10-7-13)20-23-25-26(24-20)12-19(27)29-16(4)21(28)22-18-11-14(2)5-8-15(18)3/h5-11,16H,12H2,1-4H3,(H,22,28)/t16-/m0/s1. The van der Waals surface area contributed by atoms with Crippen LogP contribution in [0.2, 0.25) is 0 Å². The number of aromatic nitrogens is 4. The predicted octanol–water partition coefficient (Wildman–Crippen LogP) is 2.84. The number of aryl methyl sites for hydroxylation is 3. The molecule has 0 spiro atoms. The van der Waals surface area contributed by atoms with Crippen LogP contribution < -0.4 is 5.32 Å². The molecule has 8 heteroatoms. The fourth-order valence-corrected chi connectivity index (χ4v) is 2.64. The van der Waals surface area contributed by atoms with Gasteiger partial charge in [-0.1, -0.05) is 42.0 Å². The van der Waals surface area contributed by atoms with Crippen LogP contribution in [0.5, 0.6) is 0 Å². The number of nitrogens with zero attached hydrogens (tertiary/aromatic N) is 4. The molecule has 0 bridgehead atoms. The van der Waals surface area contributed by atoms with Gasteiger partial charge in [-0.2, -0.15) is 4.80 Å². The Hall–Kier alpha value is -3.55. The lowest BCUT2D eigenvalue weighted by molar-refractivity contribution is -0.154. The van der Waals surface area contributed by atoms with Gasteiger partial charge in [0.1, 0.15) is 0 Å². The topological polar surface area (TPSA) is 99.0 Å². The largest absolute Gasteiger partial charge is 0.451 e. The number of benzene rings is 2. The number of esters is 1. The Labute approximate surface area is 168 Å². The summed E-state index contributed by atoms with van der Waals surface area (Å²) in [6, 6.07) is 13.4. The van der Waals surface area contributed by atoms with E-state index in [0.29, 0.717) is 11.5 Å². The summed E-state index contributed by atoms with van der Waals surface area (Å²) in [6.45, 7) is 7.11. The summed E-state index contributed by atoms with van der Waals surface area (Å²) >= 11 is 0. The van der Waals surface area contributed by atoms with Crippen LogP contribution in [0.3, 0.4) is 0 Å². The molecule has 3 aromatic rings. The fraction of sp³-hybridized carbons (Fsp3) is 0.286. The fourth-order valence-electron chi connectivity index (χ4n) is 2.64. The molecule has 0 aliphatic rings. The van der Waals surface area contributed by atoms with Crippen LogP contribution in [0, 0.1) is 20.8 Å². The van der Waals surface area contributed by atoms with E-state index < -0.39 is 18.0 Å². The SMILES string of the molecule is Cc1ccc(-c2nnn(CC(=O)O[C@@H](C)C(=O)Nc3cc(C)ccc3C)n2)cc1. The smallest absolute Gasteiger partial charge is 0.330 e. The van der Waals surface area contributed by atoms with Crippen molar-refractivity contribution in [1.82, 2.24) is 20.2 Å². The highest BCUT2D eigenvalue weighted by Gasteiger charge is 2.20. The minimum atomic E-state index is -0.956. The Morgan fingerprint density at radius 3 is 2.48 bits per heavy atom. The molecule has 0 aliphatic heterocycles. The first kappa shape index (κ1) is 20.2. The van der Waals surface area contributed by atoms with Gasteiger partial charge in [0, 0.05) is 11.3 Å². The van der Waals surface area contributed by atoms with Gasteiger partial charge in [-0.25, -0.2) is 4.79 Å². The highest BCUT2D eigenvalue weighted by atomic mass is 16.5. The number of amides is 1. The van der Waals surface area contributed by atoms with E-state index in [1.54, 1.807) is 0 Å². The molecule has 3 rings (SSSR count). The zero-order valence-electron chi connectivity index (χ0n) is 16.8. The molecule has 0 saturated carbocycles. The molecule has 2 aromatic carbocycles. The number of tetrazole rings is 1. The second kappa shape index (κ2) is 8.64. The van der Waals surface area contributed by atoms with Gasteiger partial charge in [-0.05, 0) is 50.1 Å². The third-order valence-electron chi connectivity index (χ3n) is 4.36. The highest BCUT2D eigenvalue weighted by Crippen LogP contribution is 2.17. The zero-order chi connectivity index (χ0) is 21.0. The van der Waals surface area contributed by atoms with Crippen molar-refractivity contribution >= 4 is 17.6 Å². The van der Waals surface area contributed by atoms with E-state index in [4.69, 9.17) is 4.74 Å². The van der Waals surface area contributed by atoms with Crippen molar-refractivity contribution < 1.29 is 14.3 Å². The van der Waals surface area contributed by atoms with E-state index in [9.17, 15) is 9.59 Å². The molecule has 1 aromatic heterocycles. The van der Waals surface area contributed by atoms with Gasteiger partial charge in [0.2, 0.25) is 5.82 Å². The van der Waals surface area contributed by atoms with Crippen LogP contribution in [-0.4, -0.2) is 38.2 Å². The molecular weight excluding hydrogens is 370 g/mol. The van der Waals surface area contributed by atoms with Crippen molar-refractivity contribution in [2.75, 3.05) is 5.32 Å². The second-order valence-corrected chi connectivity index (χ2v) is 6.95. The number of hydrogen-bond acceptors (Lipinski definition) is 6. The molecule has 8 nitrogen and oxygen atoms in total. The first-order valence-corrected chi connectivity index (χ1v) is 9.24. The molecule has 1 amide bonds. The summed E-state index contributed by atoms with van der Waals surface area (Å²) in [6.07, 6.45) is -0.956. The van der Waals surface area contributed by atoms with E-state index in [2.05, 4.69) is 20.7 Å². The number of anilines is 1. The van der Waals surface area contributed by atoms with Crippen LogP contribution in [0.15, 0.2) is 42.5 Å². The summed E-state index contributed by atoms with van der Waals surface area (Å²) in [5.41, 5.74) is 4.57. The summed E-state index contributed by atoms with van der Waals surface area (Å²) in [4.78, 5) is 25.6. The predicted molar refractivity (Wildman–Crippen MR) is 108 cm³/mol. The normalized spacial score (nSPS) is 11.7. The molecular formula is C21H23N5O3. The molecule has 1 atom stereocenters. The van der Waals surface area contributed by atoms with Gasteiger partial charge in [0.05, 0.1) is 0 Å². The summed E-state index contributed by atoms with van der Waals surface area (Å²) in [5.74, 6) is -0.612. The van der Waals surface area contributed by atoms with Crippen molar-refractivity contribution in [1.29, 1.82) is 0 Å². The van der Waals surface area contributed by atoms with Crippen molar-refractivity contribution in [3.05, 3.63) is 59.2 Å². The summed E-state index contributed by atoms with van der Waals surface area (Å²) in [7, 11) is 0. The number of rotatable bonds is 6. The highest BCUT2D eigenvalue weighted by molar-refractivity contribution is 5.95. The number of hydrogen-bond donors (Lipinski definition) is 1. The summed E-state index contributed by atoms with van der Waals surface area (Å²) < 4.78 is 5.21. The van der Waals surface area contributed by atoms with Crippen LogP contribution in [0.25, 0.3) is 11.4 Å². The third-order valence-corrected chi connectivity index (χ3v) is 4.36. The number of ether oxygens (including phenoxy) is 1. The minimum absolute atomic E-state index is 0.236. The average molecular weight is 393 g/mol. The number of carbonyl (C=O) groups excluding carboxylic acids is 2. The lowest BCUT2D eigenvalue weighted by atomic mass is 10.1. The number of carbonyl (C=O) groups is 2. The Balaban J connectivity index is 1.56. The quantitative estimate of drug-likeness (QED) is 0.647. The van der Waals surface area contributed by atoms with Gasteiger partial charge in [0.25, 0.3) is 5.91 Å². The molecule has 0 saturated heterocycles. The van der Waals surface area contributed by atoms with E-state index in [1.165, 1.54) is 6.92 Å². The first-order chi connectivity index (χ1) is 13.8. The second-order valence-electron chi connectivity index (χ2n) is 6.95. The molecule has 0 unspecified atom stereocenters. The van der Waals surface area contributed by atoms with Crippen molar-refractivity contribution in [2.24, 2.45) is 0 Å². The molecule has 150 valence electrons. The van der Waals surface area contributed by atoms with Crippen LogP contribution >= 0.6 is 0 Å². The van der Waals surface area contributed by atoms with E-state index in [1.807, 2.05) is 63.2 Å². The first-order valence-electron chi connectivity index (χ1n) is 9.24. The molecule has 0 fully saturated rings. The maximum atomic E-state index is 12.3. The maximum absolute atomic E-state index is 12.3. The Bertz CT molecular complexity index is 1030. The lowest BCUT2D eigenvalue weighted by Gasteiger charge is -2.15. The van der Waals surface area contributed by atoms with Gasteiger partial charge in [-0.3, -0.25) is 4.79 Å². The average Bonchev–Trinajstić information content (AvgIpc) is 3.13. The van der Waals surface area contributed by atoms with Gasteiger partial charge in [-0.15, -0.1) is 10.2 Å². The van der Waals surface area contributed by atoms with Crippen LogP contribution in [0.1, 0.15) is 23.6 Å². The molecule has 0 radical (unpaired) electrons. The maximum Gasteiger partial charge on any atom is 0.330 e.